The number of aliphatic carboxylic acids is 1. The van der Waals surface area contributed by atoms with E-state index in [0.29, 0.717) is 5.56 Å². The van der Waals surface area contributed by atoms with Crippen molar-refractivity contribution in [1.29, 1.82) is 0 Å². The van der Waals surface area contributed by atoms with Gasteiger partial charge < -0.3 is 14.4 Å². The summed E-state index contributed by atoms with van der Waals surface area (Å²) in [6.45, 7) is 0. The van der Waals surface area contributed by atoms with Crippen molar-refractivity contribution in [3.63, 3.8) is 0 Å². The maximum atomic E-state index is 10.4. The molecule has 92 valence electrons. The standard InChI is InChI=1S/C9H8O7S/c10-8(9(11)12)5-6-1-3-7(4-2-6)16-17(13,14)15/h1-5,10H,(H,11,12)(H,13,14,15). The molecule has 1 rings (SSSR count). The van der Waals surface area contributed by atoms with E-state index >= 15 is 0 Å². The predicted octanol–water partition coefficient (Wildman–Crippen LogP) is 0.852. The minimum Gasteiger partial charge on any atom is -0.502 e. The Labute approximate surface area is 96.5 Å². The van der Waals surface area contributed by atoms with Gasteiger partial charge in [0.15, 0.2) is 0 Å². The van der Waals surface area contributed by atoms with Crippen LogP contribution in [0.3, 0.4) is 0 Å². The zero-order chi connectivity index (χ0) is 13.1. The first-order valence-corrected chi connectivity index (χ1v) is 5.55. The van der Waals surface area contributed by atoms with Crippen molar-refractivity contribution in [3.8, 4) is 5.75 Å². The maximum Gasteiger partial charge on any atom is 0.446 e. The van der Waals surface area contributed by atoms with E-state index in [1.807, 2.05) is 0 Å². The van der Waals surface area contributed by atoms with Crippen LogP contribution in [0, 0.1) is 0 Å². The lowest BCUT2D eigenvalue weighted by molar-refractivity contribution is -0.135. The van der Waals surface area contributed by atoms with Crippen LogP contribution in [0.15, 0.2) is 30.0 Å². The Bertz CT molecular complexity index is 541. The average Bonchev–Trinajstić information content (AvgIpc) is 2.18. The molecule has 0 saturated carbocycles. The summed E-state index contributed by atoms with van der Waals surface area (Å²) in [5.74, 6) is -2.48. The molecule has 0 aromatic heterocycles. The molecule has 0 bridgehead atoms. The van der Waals surface area contributed by atoms with Gasteiger partial charge in [-0.3, -0.25) is 4.55 Å². The largest absolute Gasteiger partial charge is 0.502 e. The van der Waals surface area contributed by atoms with Crippen LogP contribution in [-0.2, 0) is 15.2 Å². The van der Waals surface area contributed by atoms with E-state index in [-0.39, 0.29) is 5.75 Å². The van der Waals surface area contributed by atoms with Gasteiger partial charge in [-0.05, 0) is 23.8 Å². The van der Waals surface area contributed by atoms with Gasteiger partial charge in [0.25, 0.3) is 0 Å². The third-order valence-electron chi connectivity index (χ3n) is 1.60. The number of hydrogen-bond donors (Lipinski definition) is 3. The molecule has 0 heterocycles. The fourth-order valence-electron chi connectivity index (χ4n) is 0.961. The molecular formula is C9H8O7S. The van der Waals surface area contributed by atoms with E-state index in [1.54, 1.807) is 0 Å². The van der Waals surface area contributed by atoms with Crippen LogP contribution >= 0.6 is 0 Å². The molecule has 3 N–H and O–H groups in total. The molecule has 0 aliphatic heterocycles. The molecule has 1 aromatic rings. The van der Waals surface area contributed by atoms with E-state index < -0.39 is 22.1 Å². The summed E-state index contributed by atoms with van der Waals surface area (Å²) in [5, 5.41) is 17.3. The van der Waals surface area contributed by atoms with Crippen LogP contribution in [0.1, 0.15) is 5.56 Å². The van der Waals surface area contributed by atoms with E-state index in [9.17, 15) is 13.2 Å². The Kier molecular flexibility index (Phi) is 3.71. The van der Waals surface area contributed by atoms with Crippen LogP contribution in [0.4, 0.5) is 0 Å². The third-order valence-corrected chi connectivity index (χ3v) is 2.01. The van der Waals surface area contributed by atoms with Crippen molar-refractivity contribution in [2.24, 2.45) is 0 Å². The molecule has 0 fully saturated rings. The predicted molar refractivity (Wildman–Crippen MR) is 56.9 cm³/mol. The number of aliphatic hydroxyl groups is 1. The lowest BCUT2D eigenvalue weighted by Gasteiger charge is -2.01. The maximum absolute atomic E-state index is 10.4. The number of benzene rings is 1. The molecule has 0 spiro atoms. The van der Waals surface area contributed by atoms with E-state index in [1.165, 1.54) is 24.3 Å². The van der Waals surface area contributed by atoms with Gasteiger partial charge >= 0.3 is 16.4 Å². The molecule has 0 radical (unpaired) electrons. The van der Waals surface area contributed by atoms with Gasteiger partial charge in [-0.25, -0.2) is 4.79 Å². The molecule has 0 atom stereocenters. The third kappa shape index (κ3) is 4.53. The Hall–Kier alpha value is -2.06. The summed E-state index contributed by atoms with van der Waals surface area (Å²) in [6.07, 6.45) is 0.972. The molecule has 0 saturated heterocycles. The highest BCUT2D eigenvalue weighted by Gasteiger charge is 2.07. The van der Waals surface area contributed by atoms with Crippen molar-refractivity contribution < 1.29 is 32.2 Å². The first kappa shape index (κ1) is 13.0. The average molecular weight is 260 g/mol. The second-order valence-electron chi connectivity index (χ2n) is 2.91. The van der Waals surface area contributed by atoms with Crippen molar-refractivity contribution >= 4 is 22.4 Å². The smallest absolute Gasteiger partial charge is 0.446 e. The van der Waals surface area contributed by atoms with Crippen molar-refractivity contribution in [1.82, 2.24) is 0 Å². The van der Waals surface area contributed by atoms with Gasteiger partial charge in [0, 0.05) is 0 Å². The van der Waals surface area contributed by atoms with Crippen LogP contribution in [-0.4, -0.2) is 29.2 Å². The van der Waals surface area contributed by atoms with Crippen molar-refractivity contribution in [2.75, 3.05) is 0 Å². The summed E-state index contributed by atoms with van der Waals surface area (Å²) < 4.78 is 33.2. The molecule has 8 heteroatoms. The number of carboxylic acids is 1. The normalized spacial score (nSPS) is 12.2. The quantitative estimate of drug-likeness (QED) is 0.417. The van der Waals surface area contributed by atoms with Crippen LogP contribution < -0.4 is 4.18 Å². The minimum atomic E-state index is -4.59. The molecule has 0 amide bonds. The summed E-state index contributed by atoms with van der Waals surface area (Å²) in [4.78, 5) is 10.3. The van der Waals surface area contributed by atoms with E-state index in [4.69, 9.17) is 14.8 Å². The number of carbonyl (C=O) groups is 1. The Morgan fingerprint density at radius 1 is 1.18 bits per heavy atom. The molecule has 1 aromatic carbocycles. The summed E-state index contributed by atoms with van der Waals surface area (Å²) >= 11 is 0. The lowest BCUT2D eigenvalue weighted by Crippen LogP contribution is -2.06. The highest BCUT2D eigenvalue weighted by Crippen LogP contribution is 2.15. The van der Waals surface area contributed by atoms with Crippen molar-refractivity contribution in [2.45, 2.75) is 0 Å². The fraction of sp³-hybridized carbons (Fsp3) is 0. The first-order chi connectivity index (χ1) is 7.78. The number of hydrogen-bond acceptors (Lipinski definition) is 5. The Morgan fingerprint density at radius 3 is 2.12 bits per heavy atom. The van der Waals surface area contributed by atoms with E-state index in [2.05, 4.69) is 4.18 Å². The number of carboxylic acid groups (broad SMARTS) is 1. The van der Waals surface area contributed by atoms with Gasteiger partial charge in [-0.1, -0.05) is 12.1 Å². The zero-order valence-electron chi connectivity index (χ0n) is 8.27. The van der Waals surface area contributed by atoms with Crippen LogP contribution in [0.5, 0.6) is 5.75 Å². The molecule has 17 heavy (non-hydrogen) atoms. The monoisotopic (exact) mass is 260 g/mol. The van der Waals surface area contributed by atoms with Gasteiger partial charge in [0.2, 0.25) is 5.76 Å². The van der Waals surface area contributed by atoms with Gasteiger partial charge in [0.05, 0.1) is 0 Å². The highest BCUT2D eigenvalue weighted by atomic mass is 32.3. The van der Waals surface area contributed by atoms with Gasteiger partial charge in [-0.2, -0.15) is 8.42 Å². The van der Waals surface area contributed by atoms with Gasteiger partial charge in [0.1, 0.15) is 5.75 Å². The Balaban J connectivity index is 2.89. The summed E-state index contributed by atoms with van der Waals surface area (Å²) in [6, 6.07) is 4.99. The topological polar surface area (TPSA) is 121 Å². The summed E-state index contributed by atoms with van der Waals surface area (Å²) in [7, 11) is -4.59. The fourth-order valence-corrected chi connectivity index (χ4v) is 1.32. The zero-order valence-corrected chi connectivity index (χ0v) is 9.09. The second kappa shape index (κ2) is 4.85. The molecule has 7 nitrogen and oxygen atoms in total. The molecule has 0 aliphatic rings. The van der Waals surface area contributed by atoms with E-state index in [0.717, 1.165) is 6.08 Å². The molecule has 0 aliphatic carbocycles. The van der Waals surface area contributed by atoms with Crippen LogP contribution in [0.2, 0.25) is 0 Å². The highest BCUT2D eigenvalue weighted by molar-refractivity contribution is 7.81. The Morgan fingerprint density at radius 2 is 1.71 bits per heavy atom. The molecule has 0 unspecified atom stereocenters. The minimum absolute atomic E-state index is 0.139. The van der Waals surface area contributed by atoms with Crippen LogP contribution in [0.25, 0.3) is 6.08 Å². The summed E-state index contributed by atoms with van der Waals surface area (Å²) in [5.41, 5.74) is 0.326. The molecular weight excluding hydrogens is 252 g/mol. The lowest BCUT2D eigenvalue weighted by atomic mass is 10.2. The SMILES string of the molecule is O=C(O)C(O)=Cc1ccc(OS(=O)(=O)O)cc1. The first-order valence-electron chi connectivity index (χ1n) is 4.19. The van der Waals surface area contributed by atoms with Gasteiger partial charge in [-0.15, -0.1) is 0 Å². The number of rotatable bonds is 4. The second-order valence-corrected chi connectivity index (χ2v) is 3.94. The van der Waals surface area contributed by atoms with Crippen molar-refractivity contribution in [3.05, 3.63) is 35.6 Å². The number of aliphatic hydroxyl groups excluding tert-OH is 1.